The molecule has 1 aromatic carbocycles. The maximum Gasteiger partial charge on any atom is 0.126 e. The zero-order valence-corrected chi connectivity index (χ0v) is 11.5. The Bertz CT molecular complexity index is 569. The van der Waals surface area contributed by atoms with Crippen LogP contribution in [0.4, 0.5) is 0 Å². The van der Waals surface area contributed by atoms with E-state index in [2.05, 4.69) is 21.9 Å². The first-order valence-corrected chi connectivity index (χ1v) is 6.70. The van der Waals surface area contributed by atoms with E-state index in [1.807, 2.05) is 30.5 Å². The van der Waals surface area contributed by atoms with Gasteiger partial charge in [-0.25, -0.2) is 4.98 Å². The fourth-order valence-electron chi connectivity index (χ4n) is 2.28. The van der Waals surface area contributed by atoms with Crippen molar-refractivity contribution in [3.8, 4) is 11.3 Å². The lowest BCUT2D eigenvalue weighted by atomic mass is 10.2. The van der Waals surface area contributed by atoms with Crippen LogP contribution in [0.25, 0.3) is 11.3 Å². The average molecular weight is 278 g/mol. The van der Waals surface area contributed by atoms with Gasteiger partial charge >= 0.3 is 0 Å². The summed E-state index contributed by atoms with van der Waals surface area (Å²) >= 11 is 6.01. The van der Waals surface area contributed by atoms with Crippen molar-refractivity contribution in [3.63, 3.8) is 0 Å². The second kappa shape index (κ2) is 5.33. The van der Waals surface area contributed by atoms with Gasteiger partial charge in [0.15, 0.2) is 0 Å². The van der Waals surface area contributed by atoms with E-state index in [0.717, 1.165) is 35.3 Å². The van der Waals surface area contributed by atoms with Gasteiger partial charge in [0.2, 0.25) is 0 Å². The van der Waals surface area contributed by atoms with E-state index < -0.39 is 0 Å². The van der Waals surface area contributed by atoms with Gasteiger partial charge in [0.05, 0.1) is 31.1 Å². The summed E-state index contributed by atoms with van der Waals surface area (Å²) in [4.78, 5) is 10.1. The zero-order valence-electron chi connectivity index (χ0n) is 10.8. The van der Waals surface area contributed by atoms with E-state index in [-0.39, 0.29) is 6.04 Å². The first-order valence-electron chi connectivity index (χ1n) is 6.33. The standard InChI is InChI=1S/C14H16ClN3O/c1-18-5-6-19-9-13(18)14-16-8-12(17-14)10-3-2-4-11(15)7-10/h2-4,7-8,13H,5-6,9H2,1H3,(H,16,17). The van der Waals surface area contributed by atoms with Gasteiger partial charge in [-0.05, 0) is 19.2 Å². The summed E-state index contributed by atoms with van der Waals surface area (Å²) in [5.74, 6) is 0.942. The van der Waals surface area contributed by atoms with Gasteiger partial charge in [0, 0.05) is 17.1 Å². The molecule has 100 valence electrons. The van der Waals surface area contributed by atoms with E-state index in [1.54, 1.807) is 0 Å². The zero-order chi connectivity index (χ0) is 13.2. The number of imidazole rings is 1. The Morgan fingerprint density at radius 3 is 3.16 bits per heavy atom. The van der Waals surface area contributed by atoms with Gasteiger partial charge in [-0.2, -0.15) is 0 Å². The van der Waals surface area contributed by atoms with Crippen molar-refractivity contribution < 1.29 is 4.74 Å². The van der Waals surface area contributed by atoms with Crippen LogP contribution in [0, 0.1) is 0 Å². The number of ether oxygens (including phenoxy) is 1. The maximum atomic E-state index is 6.01. The molecule has 1 aliphatic heterocycles. The number of aromatic nitrogens is 2. The van der Waals surface area contributed by atoms with Crippen molar-refractivity contribution in [2.75, 3.05) is 26.8 Å². The Hall–Kier alpha value is -1.36. The van der Waals surface area contributed by atoms with Gasteiger partial charge < -0.3 is 9.72 Å². The highest BCUT2D eigenvalue weighted by molar-refractivity contribution is 6.30. The predicted octanol–water partition coefficient (Wildman–Crippen LogP) is 2.73. The summed E-state index contributed by atoms with van der Waals surface area (Å²) in [6.07, 6.45) is 1.85. The fraction of sp³-hybridized carbons (Fsp3) is 0.357. The van der Waals surface area contributed by atoms with E-state index in [4.69, 9.17) is 16.3 Å². The van der Waals surface area contributed by atoms with Crippen molar-refractivity contribution in [1.29, 1.82) is 0 Å². The van der Waals surface area contributed by atoms with Crippen molar-refractivity contribution in [2.24, 2.45) is 0 Å². The molecular weight excluding hydrogens is 262 g/mol. The molecule has 3 rings (SSSR count). The Balaban J connectivity index is 1.86. The summed E-state index contributed by atoms with van der Waals surface area (Å²) in [6, 6.07) is 7.95. The number of hydrogen-bond donors (Lipinski definition) is 1. The third-order valence-corrected chi connectivity index (χ3v) is 3.68. The number of halogens is 1. The molecule has 1 unspecified atom stereocenters. The van der Waals surface area contributed by atoms with Crippen LogP contribution < -0.4 is 0 Å². The lowest BCUT2D eigenvalue weighted by molar-refractivity contribution is 0.00215. The number of aromatic amines is 1. The molecule has 5 heteroatoms. The molecule has 2 aromatic rings. The highest BCUT2D eigenvalue weighted by atomic mass is 35.5. The Morgan fingerprint density at radius 1 is 1.47 bits per heavy atom. The van der Waals surface area contributed by atoms with Crippen molar-refractivity contribution in [2.45, 2.75) is 6.04 Å². The first kappa shape index (κ1) is 12.7. The minimum Gasteiger partial charge on any atom is -0.378 e. The second-order valence-corrected chi connectivity index (χ2v) is 5.20. The Labute approximate surface area is 117 Å². The highest BCUT2D eigenvalue weighted by Gasteiger charge is 2.23. The smallest absolute Gasteiger partial charge is 0.126 e. The van der Waals surface area contributed by atoms with Crippen LogP contribution in [0.5, 0.6) is 0 Å². The third-order valence-electron chi connectivity index (χ3n) is 3.44. The Kier molecular flexibility index (Phi) is 3.55. The minimum atomic E-state index is 0.196. The molecule has 1 saturated heterocycles. The Morgan fingerprint density at radius 2 is 2.37 bits per heavy atom. The van der Waals surface area contributed by atoms with Gasteiger partial charge in [-0.15, -0.1) is 0 Å². The molecule has 1 fully saturated rings. The fourth-order valence-corrected chi connectivity index (χ4v) is 2.47. The quantitative estimate of drug-likeness (QED) is 0.918. The van der Waals surface area contributed by atoms with E-state index in [1.165, 1.54) is 0 Å². The third kappa shape index (κ3) is 2.66. The summed E-state index contributed by atoms with van der Waals surface area (Å²) < 4.78 is 5.52. The van der Waals surface area contributed by atoms with Gasteiger partial charge in [0.1, 0.15) is 5.82 Å². The molecule has 0 aliphatic carbocycles. The summed E-state index contributed by atoms with van der Waals surface area (Å²) in [5.41, 5.74) is 2.03. The van der Waals surface area contributed by atoms with E-state index in [9.17, 15) is 0 Å². The summed E-state index contributed by atoms with van der Waals surface area (Å²) in [5, 5.41) is 0.728. The van der Waals surface area contributed by atoms with Crippen LogP contribution in [0.2, 0.25) is 5.02 Å². The SMILES string of the molecule is CN1CCOCC1c1ncc(-c2cccc(Cl)c2)[nH]1. The van der Waals surface area contributed by atoms with Crippen LogP contribution in [-0.2, 0) is 4.74 Å². The molecule has 0 bridgehead atoms. The molecule has 4 nitrogen and oxygen atoms in total. The van der Waals surface area contributed by atoms with Gasteiger partial charge in [-0.1, -0.05) is 23.7 Å². The molecule has 1 aromatic heterocycles. The van der Waals surface area contributed by atoms with Crippen LogP contribution in [0.1, 0.15) is 11.9 Å². The number of rotatable bonds is 2. The molecular formula is C14H16ClN3O. The van der Waals surface area contributed by atoms with Crippen LogP contribution in [0.3, 0.4) is 0 Å². The monoisotopic (exact) mass is 277 g/mol. The molecule has 0 amide bonds. The lowest BCUT2D eigenvalue weighted by Gasteiger charge is -2.30. The summed E-state index contributed by atoms with van der Waals surface area (Å²) in [6.45, 7) is 2.39. The van der Waals surface area contributed by atoms with Gasteiger partial charge in [-0.3, -0.25) is 4.90 Å². The van der Waals surface area contributed by atoms with Crippen molar-refractivity contribution >= 4 is 11.6 Å². The molecule has 19 heavy (non-hydrogen) atoms. The van der Waals surface area contributed by atoms with Crippen LogP contribution in [-0.4, -0.2) is 41.7 Å². The van der Waals surface area contributed by atoms with Crippen LogP contribution >= 0.6 is 11.6 Å². The number of nitrogens with zero attached hydrogens (tertiary/aromatic N) is 2. The number of morpholine rings is 1. The molecule has 1 aliphatic rings. The number of hydrogen-bond acceptors (Lipinski definition) is 3. The molecule has 2 heterocycles. The number of H-pyrrole nitrogens is 1. The normalized spacial score (nSPS) is 20.6. The predicted molar refractivity (Wildman–Crippen MR) is 75.2 cm³/mol. The number of nitrogens with one attached hydrogen (secondary N) is 1. The molecule has 0 spiro atoms. The molecule has 1 atom stereocenters. The van der Waals surface area contributed by atoms with E-state index in [0.29, 0.717) is 6.61 Å². The maximum absolute atomic E-state index is 6.01. The molecule has 0 saturated carbocycles. The number of benzene rings is 1. The van der Waals surface area contributed by atoms with Crippen molar-refractivity contribution in [3.05, 3.63) is 41.3 Å². The van der Waals surface area contributed by atoms with Crippen LogP contribution in [0.15, 0.2) is 30.5 Å². The molecule has 0 radical (unpaired) electrons. The largest absolute Gasteiger partial charge is 0.378 e. The lowest BCUT2D eigenvalue weighted by Crippen LogP contribution is -2.37. The topological polar surface area (TPSA) is 41.1 Å². The van der Waals surface area contributed by atoms with E-state index >= 15 is 0 Å². The average Bonchev–Trinajstić information content (AvgIpc) is 2.89. The second-order valence-electron chi connectivity index (χ2n) is 4.76. The summed E-state index contributed by atoms with van der Waals surface area (Å²) in [7, 11) is 2.09. The number of likely N-dealkylation sites (N-methyl/N-ethyl adjacent to an activating group) is 1. The van der Waals surface area contributed by atoms with Gasteiger partial charge in [0.25, 0.3) is 0 Å². The first-order chi connectivity index (χ1) is 9.24. The molecule has 1 N–H and O–H groups in total. The van der Waals surface area contributed by atoms with Crippen molar-refractivity contribution in [1.82, 2.24) is 14.9 Å². The highest BCUT2D eigenvalue weighted by Crippen LogP contribution is 2.25. The minimum absolute atomic E-state index is 0.196.